The van der Waals surface area contributed by atoms with E-state index in [1.807, 2.05) is 44.2 Å². The molecule has 1 rings (SSSR count). The minimum atomic E-state index is 0.0931. The fourth-order valence-corrected chi connectivity index (χ4v) is 0.899. The second-order valence-corrected chi connectivity index (χ2v) is 4.49. The zero-order valence-electron chi connectivity index (χ0n) is 11.5. The van der Waals surface area contributed by atoms with Gasteiger partial charge in [0.15, 0.2) is 0 Å². The second-order valence-electron chi connectivity index (χ2n) is 4.49. The number of benzene rings is 1. The van der Waals surface area contributed by atoms with Crippen LogP contribution in [-0.2, 0) is 0 Å². The molecule has 0 nitrogen and oxygen atoms in total. The summed E-state index contributed by atoms with van der Waals surface area (Å²) in [5.41, 5.74) is 1.19. The standard InChI is InChI=1S/C14H18.C2H6/c1-12(2)14(3,4)11-10-13-8-6-5-7-9-13;1-2/h5-9,12H,1-4H3;1-2H3. The van der Waals surface area contributed by atoms with Crippen molar-refractivity contribution in [2.24, 2.45) is 11.3 Å². The lowest BCUT2D eigenvalue weighted by Gasteiger charge is -2.22. The topological polar surface area (TPSA) is 0 Å². The van der Waals surface area contributed by atoms with Crippen LogP contribution in [-0.4, -0.2) is 0 Å². The molecule has 88 valence electrons. The molecule has 0 radical (unpaired) electrons. The first-order valence-corrected chi connectivity index (χ1v) is 6.10. The third kappa shape index (κ3) is 5.03. The predicted octanol–water partition coefficient (Wildman–Crippen LogP) is 4.75. The van der Waals surface area contributed by atoms with E-state index in [1.54, 1.807) is 0 Å². The van der Waals surface area contributed by atoms with Crippen LogP contribution in [0.4, 0.5) is 0 Å². The lowest BCUT2D eigenvalue weighted by Crippen LogP contribution is -2.16. The molecule has 0 aliphatic carbocycles. The molecule has 0 aliphatic rings. The Balaban J connectivity index is 0.00000106. The minimum Gasteiger partial charge on any atom is -0.0914 e. The van der Waals surface area contributed by atoms with E-state index < -0.39 is 0 Å². The Morgan fingerprint density at radius 3 is 1.94 bits per heavy atom. The van der Waals surface area contributed by atoms with Gasteiger partial charge in [0.1, 0.15) is 0 Å². The van der Waals surface area contributed by atoms with Gasteiger partial charge in [-0.1, -0.05) is 57.7 Å². The highest BCUT2D eigenvalue weighted by atomic mass is 14.2. The molecule has 0 atom stereocenters. The van der Waals surface area contributed by atoms with Crippen LogP contribution in [0.2, 0.25) is 0 Å². The Hall–Kier alpha value is -1.22. The van der Waals surface area contributed by atoms with Gasteiger partial charge in [0.2, 0.25) is 0 Å². The van der Waals surface area contributed by atoms with Crippen LogP contribution in [0.1, 0.15) is 47.1 Å². The Kier molecular flexibility index (Phi) is 6.58. The van der Waals surface area contributed by atoms with E-state index >= 15 is 0 Å². The normalized spacial score (nSPS) is 9.94. The van der Waals surface area contributed by atoms with Gasteiger partial charge < -0.3 is 0 Å². The van der Waals surface area contributed by atoms with Crippen LogP contribution in [0.25, 0.3) is 0 Å². The van der Waals surface area contributed by atoms with Crippen LogP contribution >= 0.6 is 0 Å². The highest BCUT2D eigenvalue weighted by Gasteiger charge is 2.18. The maximum atomic E-state index is 3.32. The molecular weight excluding hydrogens is 192 g/mol. The molecule has 1 aromatic carbocycles. The lowest BCUT2D eigenvalue weighted by atomic mass is 9.82. The summed E-state index contributed by atoms with van der Waals surface area (Å²) < 4.78 is 0. The maximum absolute atomic E-state index is 3.32. The molecule has 0 bridgehead atoms. The van der Waals surface area contributed by atoms with Gasteiger partial charge in [-0.3, -0.25) is 0 Å². The summed E-state index contributed by atoms with van der Waals surface area (Å²) in [5, 5.41) is 0. The molecule has 0 heterocycles. The Bertz CT molecular complexity index is 333. The van der Waals surface area contributed by atoms with Crippen LogP contribution < -0.4 is 0 Å². The first-order chi connectivity index (χ1) is 7.52. The Morgan fingerprint density at radius 1 is 1.00 bits per heavy atom. The summed E-state index contributed by atoms with van der Waals surface area (Å²) in [6.07, 6.45) is 0. The SMILES string of the molecule is CC.CC(C)C(C)(C)C#Cc1ccccc1. The van der Waals surface area contributed by atoms with E-state index in [2.05, 4.69) is 39.5 Å². The summed E-state index contributed by atoms with van der Waals surface area (Å²) in [4.78, 5) is 0. The fourth-order valence-electron chi connectivity index (χ4n) is 0.899. The van der Waals surface area contributed by atoms with Crippen molar-refractivity contribution in [1.29, 1.82) is 0 Å². The predicted molar refractivity (Wildman–Crippen MR) is 73.3 cm³/mol. The molecule has 0 amide bonds. The third-order valence-corrected chi connectivity index (χ3v) is 2.75. The highest BCUT2D eigenvalue weighted by molar-refractivity contribution is 5.35. The average molecular weight is 216 g/mol. The third-order valence-electron chi connectivity index (χ3n) is 2.75. The van der Waals surface area contributed by atoms with Crippen LogP contribution in [0.5, 0.6) is 0 Å². The van der Waals surface area contributed by atoms with E-state index in [4.69, 9.17) is 0 Å². The molecule has 16 heavy (non-hydrogen) atoms. The molecule has 0 heteroatoms. The van der Waals surface area contributed by atoms with Gasteiger partial charge in [0.25, 0.3) is 0 Å². The van der Waals surface area contributed by atoms with Crippen molar-refractivity contribution in [1.82, 2.24) is 0 Å². The molecule has 1 aromatic rings. The van der Waals surface area contributed by atoms with Gasteiger partial charge in [-0.2, -0.15) is 0 Å². The van der Waals surface area contributed by atoms with Gasteiger partial charge in [-0.15, -0.1) is 0 Å². The van der Waals surface area contributed by atoms with Crippen molar-refractivity contribution in [3.05, 3.63) is 35.9 Å². The van der Waals surface area contributed by atoms with E-state index in [9.17, 15) is 0 Å². The first-order valence-electron chi connectivity index (χ1n) is 6.10. The molecule has 0 spiro atoms. The average Bonchev–Trinajstić information content (AvgIpc) is 2.30. The van der Waals surface area contributed by atoms with Gasteiger partial charge in [-0.25, -0.2) is 0 Å². The lowest BCUT2D eigenvalue weighted by molar-refractivity contribution is 0.350. The zero-order valence-corrected chi connectivity index (χ0v) is 11.5. The summed E-state index contributed by atoms with van der Waals surface area (Å²) in [6, 6.07) is 10.1. The molecule has 0 saturated heterocycles. The van der Waals surface area contributed by atoms with Crippen LogP contribution in [0.15, 0.2) is 30.3 Å². The highest BCUT2D eigenvalue weighted by Crippen LogP contribution is 2.24. The van der Waals surface area contributed by atoms with Crippen LogP contribution in [0, 0.1) is 23.2 Å². The van der Waals surface area contributed by atoms with Crippen molar-refractivity contribution in [2.75, 3.05) is 0 Å². The number of hydrogen-bond acceptors (Lipinski definition) is 0. The van der Waals surface area contributed by atoms with Gasteiger partial charge in [0.05, 0.1) is 0 Å². The van der Waals surface area contributed by atoms with E-state index in [-0.39, 0.29) is 5.41 Å². The molecule has 0 unspecified atom stereocenters. The maximum Gasteiger partial charge on any atom is 0.0285 e. The summed E-state index contributed by atoms with van der Waals surface area (Å²) in [6.45, 7) is 12.8. The Labute approximate surface area is 101 Å². The van der Waals surface area contributed by atoms with Crippen molar-refractivity contribution in [3.8, 4) is 11.8 Å². The van der Waals surface area contributed by atoms with Crippen molar-refractivity contribution in [2.45, 2.75) is 41.5 Å². The van der Waals surface area contributed by atoms with Gasteiger partial charge in [-0.05, 0) is 31.9 Å². The van der Waals surface area contributed by atoms with Crippen molar-refractivity contribution in [3.63, 3.8) is 0 Å². The first kappa shape index (κ1) is 14.8. The van der Waals surface area contributed by atoms with Crippen molar-refractivity contribution < 1.29 is 0 Å². The second kappa shape index (κ2) is 7.12. The minimum absolute atomic E-state index is 0.0931. The molecule has 0 saturated carbocycles. The summed E-state index contributed by atoms with van der Waals surface area (Å²) in [7, 11) is 0. The molecule has 0 aliphatic heterocycles. The fraction of sp³-hybridized carbons (Fsp3) is 0.500. The summed E-state index contributed by atoms with van der Waals surface area (Å²) >= 11 is 0. The van der Waals surface area contributed by atoms with E-state index in [1.165, 1.54) is 0 Å². The quantitative estimate of drug-likeness (QED) is 0.594. The molecular formula is C16H24. The van der Waals surface area contributed by atoms with E-state index in [0.717, 1.165) is 5.56 Å². The zero-order chi connectivity index (χ0) is 12.6. The van der Waals surface area contributed by atoms with Gasteiger partial charge in [0, 0.05) is 11.0 Å². The monoisotopic (exact) mass is 216 g/mol. The Morgan fingerprint density at radius 2 is 1.50 bits per heavy atom. The molecule has 0 N–H and O–H groups in total. The molecule has 0 fully saturated rings. The van der Waals surface area contributed by atoms with Crippen LogP contribution in [0.3, 0.4) is 0 Å². The number of rotatable bonds is 1. The van der Waals surface area contributed by atoms with Gasteiger partial charge >= 0.3 is 0 Å². The molecule has 0 aromatic heterocycles. The number of hydrogen-bond donors (Lipinski definition) is 0. The van der Waals surface area contributed by atoms with E-state index in [0.29, 0.717) is 5.92 Å². The summed E-state index contributed by atoms with van der Waals surface area (Å²) in [5.74, 6) is 7.12. The smallest absolute Gasteiger partial charge is 0.0285 e. The van der Waals surface area contributed by atoms with Crippen molar-refractivity contribution >= 4 is 0 Å². The largest absolute Gasteiger partial charge is 0.0914 e.